The molecule has 1 aromatic carbocycles. The highest BCUT2D eigenvalue weighted by molar-refractivity contribution is 6.31. The van der Waals surface area contributed by atoms with Crippen LogP contribution in [0.5, 0.6) is 0 Å². The summed E-state index contributed by atoms with van der Waals surface area (Å²) in [7, 11) is 0. The van der Waals surface area contributed by atoms with Gasteiger partial charge in [0.15, 0.2) is 0 Å². The normalized spacial score (nSPS) is 13.8. The van der Waals surface area contributed by atoms with Gasteiger partial charge in [0.05, 0.1) is 6.42 Å². The van der Waals surface area contributed by atoms with Crippen LogP contribution >= 0.6 is 11.6 Å². The van der Waals surface area contributed by atoms with Gasteiger partial charge in [-0.1, -0.05) is 17.7 Å². The number of nitrogens with one attached hydrogen (secondary N) is 1. The van der Waals surface area contributed by atoms with Gasteiger partial charge in [0, 0.05) is 17.6 Å². The molecular weight excluding hydrogens is 258 g/mol. The van der Waals surface area contributed by atoms with Crippen molar-refractivity contribution in [2.24, 2.45) is 0 Å². The second kappa shape index (κ2) is 5.69. The minimum absolute atomic E-state index is 0.177. The highest BCUT2D eigenvalue weighted by Gasteiger charge is 2.29. The van der Waals surface area contributed by atoms with E-state index < -0.39 is 24.5 Å². The lowest BCUT2D eigenvalue weighted by Crippen LogP contribution is -2.30. The van der Waals surface area contributed by atoms with Crippen molar-refractivity contribution in [3.63, 3.8) is 0 Å². The first-order valence-electron chi connectivity index (χ1n) is 5.02. The fraction of sp³-hybridized carbons (Fsp3) is 0.455. The molecule has 0 saturated carbocycles. The fourth-order valence-electron chi connectivity index (χ4n) is 1.37. The van der Waals surface area contributed by atoms with Crippen molar-refractivity contribution in [2.45, 2.75) is 32.1 Å². The topological polar surface area (TPSA) is 12.0 Å². The first-order valence-corrected chi connectivity index (χ1v) is 5.40. The summed E-state index contributed by atoms with van der Waals surface area (Å²) < 4.78 is 48.9. The van der Waals surface area contributed by atoms with Crippen molar-refractivity contribution >= 4 is 11.6 Å². The molecule has 1 nitrogen and oxygen atoms in total. The summed E-state index contributed by atoms with van der Waals surface area (Å²) in [5.74, 6) is -0.470. The molecule has 0 spiro atoms. The quantitative estimate of drug-likeness (QED) is 0.817. The molecule has 1 rings (SSSR count). The molecule has 0 aliphatic carbocycles. The predicted molar refractivity (Wildman–Crippen MR) is 58.4 cm³/mol. The minimum Gasteiger partial charge on any atom is -0.310 e. The van der Waals surface area contributed by atoms with Crippen molar-refractivity contribution in [1.29, 1.82) is 0 Å². The summed E-state index contributed by atoms with van der Waals surface area (Å²) in [4.78, 5) is 0. The Morgan fingerprint density at radius 3 is 2.53 bits per heavy atom. The van der Waals surface area contributed by atoms with E-state index in [1.807, 2.05) is 0 Å². The molecule has 0 aromatic heterocycles. The first-order chi connectivity index (χ1) is 7.78. The molecule has 1 unspecified atom stereocenters. The van der Waals surface area contributed by atoms with Gasteiger partial charge in [0.2, 0.25) is 0 Å². The Kier molecular flexibility index (Phi) is 4.77. The van der Waals surface area contributed by atoms with Gasteiger partial charge in [0.1, 0.15) is 5.82 Å². The lowest BCUT2D eigenvalue weighted by Gasteiger charge is -2.16. The molecule has 0 bridgehead atoms. The Morgan fingerprint density at radius 2 is 2.00 bits per heavy atom. The van der Waals surface area contributed by atoms with E-state index in [4.69, 9.17) is 11.6 Å². The SMILES string of the molecule is CC(CC(F)(F)F)NCc1ccc(F)cc1Cl. The number of hydrogen-bond donors (Lipinski definition) is 1. The Labute approximate surface area is 102 Å². The summed E-state index contributed by atoms with van der Waals surface area (Å²) in [5, 5.41) is 2.89. The molecule has 17 heavy (non-hydrogen) atoms. The Hall–Kier alpha value is -0.810. The predicted octanol–water partition coefficient (Wildman–Crippen LogP) is 3.91. The van der Waals surface area contributed by atoms with Crippen molar-refractivity contribution in [3.8, 4) is 0 Å². The highest BCUT2D eigenvalue weighted by atomic mass is 35.5. The van der Waals surface area contributed by atoms with Gasteiger partial charge in [0.25, 0.3) is 0 Å². The average Bonchev–Trinajstić information content (AvgIpc) is 2.13. The van der Waals surface area contributed by atoms with Crippen LogP contribution in [0.15, 0.2) is 18.2 Å². The second-order valence-corrected chi connectivity index (χ2v) is 4.24. The third kappa shape index (κ3) is 5.37. The summed E-state index contributed by atoms with van der Waals surface area (Å²) >= 11 is 5.74. The van der Waals surface area contributed by atoms with Crippen molar-refractivity contribution in [3.05, 3.63) is 34.6 Å². The van der Waals surface area contributed by atoms with E-state index in [2.05, 4.69) is 5.32 Å². The Bertz CT molecular complexity index is 378. The molecule has 96 valence electrons. The molecule has 6 heteroatoms. The number of alkyl halides is 3. The number of benzene rings is 1. The first kappa shape index (κ1) is 14.3. The van der Waals surface area contributed by atoms with Gasteiger partial charge in [-0.05, 0) is 24.6 Å². The molecule has 0 aliphatic rings. The molecule has 0 heterocycles. The monoisotopic (exact) mass is 269 g/mol. The summed E-state index contributed by atoms with van der Waals surface area (Å²) in [6.07, 6.45) is -5.11. The van der Waals surface area contributed by atoms with E-state index in [1.165, 1.54) is 19.1 Å². The number of halogens is 5. The Balaban J connectivity index is 2.50. The third-order valence-corrected chi connectivity index (χ3v) is 2.55. The maximum absolute atomic E-state index is 12.7. The molecule has 1 atom stereocenters. The zero-order chi connectivity index (χ0) is 13.1. The molecule has 0 saturated heterocycles. The smallest absolute Gasteiger partial charge is 0.310 e. The van der Waals surface area contributed by atoms with Gasteiger partial charge in [-0.15, -0.1) is 0 Å². The van der Waals surface area contributed by atoms with Gasteiger partial charge < -0.3 is 5.32 Å². The van der Waals surface area contributed by atoms with E-state index in [0.29, 0.717) is 5.56 Å². The van der Waals surface area contributed by atoms with Crippen LogP contribution in [0.1, 0.15) is 18.9 Å². The van der Waals surface area contributed by atoms with E-state index in [0.717, 1.165) is 6.07 Å². The molecule has 1 N–H and O–H groups in total. The molecule has 0 aliphatic heterocycles. The fourth-order valence-corrected chi connectivity index (χ4v) is 1.60. The van der Waals surface area contributed by atoms with Gasteiger partial charge in [-0.2, -0.15) is 13.2 Å². The maximum Gasteiger partial charge on any atom is 0.390 e. The van der Waals surface area contributed by atoms with Gasteiger partial charge >= 0.3 is 6.18 Å². The van der Waals surface area contributed by atoms with Crippen molar-refractivity contribution in [2.75, 3.05) is 0 Å². The van der Waals surface area contributed by atoms with Crippen LogP contribution in [0.4, 0.5) is 17.6 Å². The lowest BCUT2D eigenvalue weighted by atomic mass is 10.2. The minimum atomic E-state index is -4.20. The second-order valence-electron chi connectivity index (χ2n) is 3.84. The number of rotatable bonds is 4. The lowest BCUT2D eigenvalue weighted by molar-refractivity contribution is -0.139. The zero-order valence-electron chi connectivity index (χ0n) is 9.11. The van der Waals surface area contributed by atoms with Crippen LogP contribution in [-0.4, -0.2) is 12.2 Å². The average molecular weight is 270 g/mol. The molecule has 0 radical (unpaired) electrons. The molecule has 0 fully saturated rings. The van der Waals surface area contributed by atoms with Crippen LogP contribution in [0.2, 0.25) is 5.02 Å². The maximum atomic E-state index is 12.7. The van der Waals surface area contributed by atoms with E-state index >= 15 is 0 Å². The van der Waals surface area contributed by atoms with Crippen LogP contribution in [-0.2, 0) is 6.54 Å². The Morgan fingerprint density at radius 1 is 1.35 bits per heavy atom. The van der Waals surface area contributed by atoms with Gasteiger partial charge in [-0.3, -0.25) is 0 Å². The molecular formula is C11H12ClF4N. The van der Waals surface area contributed by atoms with Crippen molar-refractivity contribution in [1.82, 2.24) is 5.32 Å². The van der Waals surface area contributed by atoms with E-state index in [9.17, 15) is 17.6 Å². The number of hydrogen-bond acceptors (Lipinski definition) is 1. The van der Waals surface area contributed by atoms with Gasteiger partial charge in [-0.25, -0.2) is 4.39 Å². The van der Waals surface area contributed by atoms with E-state index in [-0.39, 0.29) is 11.6 Å². The van der Waals surface area contributed by atoms with E-state index in [1.54, 1.807) is 0 Å². The molecule has 1 aromatic rings. The van der Waals surface area contributed by atoms with Crippen LogP contribution in [0, 0.1) is 5.82 Å². The third-order valence-electron chi connectivity index (χ3n) is 2.19. The molecule has 0 amide bonds. The van der Waals surface area contributed by atoms with Crippen molar-refractivity contribution < 1.29 is 17.6 Å². The van der Waals surface area contributed by atoms with Crippen LogP contribution in [0.3, 0.4) is 0 Å². The summed E-state index contributed by atoms with van der Waals surface area (Å²) in [5.41, 5.74) is 0.571. The largest absolute Gasteiger partial charge is 0.390 e. The van der Waals surface area contributed by atoms with Crippen LogP contribution in [0.25, 0.3) is 0 Å². The van der Waals surface area contributed by atoms with Crippen LogP contribution < -0.4 is 5.32 Å². The summed E-state index contributed by atoms with van der Waals surface area (Å²) in [6.45, 7) is 1.61. The summed E-state index contributed by atoms with van der Waals surface area (Å²) in [6, 6.07) is 3.09. The standard InChI is InChI=1S/C11H12ClF4N/c1-7(5-11(14,15)16)17-6-8-2-3-9(13)4-10(8)12/h2-4,7,17H,5-6H2,1H3. The highest BCUT2D eigenvalue weighted by Crippen LogP contribution is 2.22. The zero-order valence-corrected chi connectivity index (χ0v) is 9.87.